The Hall–Kier alpha value is -2.37. The van der Waals surface area contributed by atoms with E-state index in [2.05, 4.69) is 15.5 Å². The third-order valence-corrected chi connectivity index (χ3v) is 3.80. The van der Waals surface area contributed by atoms with E-state index in [9.17, 15) is 4.79 Å². The molecule has 0 aliphatic carbocycles. The van der Waals surface area contributed by atoms with Crippen LogP contribution in [0.4, 0.5) is 5.82 Å². The lowest BCUT2D eigenvalue weighted by atomic mass is 10.2. The van der Waals surface area contributed by atoms with Crippen molar-refractivity contribution in [2.45, 2.75) is 32.2 Å². The Kier molecular flexibility index (Phi) is 4.68. The minimum absolute atomic E-state index is 0.0213. The molecule has 22 heavy (non-hydrogen) atoms. The zero-order valence-corrected chi connectivity index (χ0v) is 12.5. The first-order valence-corrected chi connectivity index (χ1v) is 7.72. The van der Waals surface area contributed by atoms with Crippen molar-refractivity contribution in [3.63, 3.8) is 0 Å². The molecular formula is C16H20N4O2. The molecule has 3 heterocycles. The second kappa shape index (κ2) is 7.06. The van der Waals surface area contributed by atoms with Gasteiger partial charge in [0.2, 0.25) is 0 Å². The lowest BCUT2D eigenvalue weighted by Gasteiger charge is -2.19. The first-order valence-electron chi connectivity index (χ1n) is 7.72. The molecule has 6 heteroatoms. The van der Waals surface area contributed by atoms with E-state index in [1.54, 1.807) is 18.4 Å². The number of hydrogen-bond donors (Lipinski definition) is 1. The number of aromatic nitrogens is 2. The van der Waals surface area contributed by atoms with Crippen molar-refractivity contribution in [1.82, 2.24) is 15.1 Å². The first kappa shape index (κ1) is 14.6. The smallest absolute Gasteiger partial charge is 0.274 e. The van der Waals surface area contributed by atoms with E-state index in [0.29, 0.717) is 18.1 Å². The summed E-state index contributed by atoms with van der Waals surface area (Å²) in [6.07, 6.45) is 6.17. The molecule has 0 spiro atoms. The fourth-order valence-corrected chi connectivity index (χ4v) is 2.57. The molecule has 1 amide bonds. The van der Waals surface area contributed by atoms with Crippen LogP contribution in [0.1, 0.15) is 41.9 Å². The summed E-state index contributed by atoms with van der Waals surface area (Å²) >= 11 is 0. The Morgan fingerprint density at radius 3 is 2.59 bits per heavy atom. The maximum Gasteiger partial charge on any atom is 0.274 e. The standard InChI is InChI=1S/C16H20N4O2/c21-16(20-9-3-1-2-4-10-20)14-7-8-15(19-18-14)17-12-13-6-5-11-22-13/h5-8,11H,1-4,9-10,12H2,(H,17,19). The Balaban J connectivity index is 1.59. The molecule has 1 N–H and O–H groups in total. The number of likely N-dealkylation sites (tertiary alicyclic amines) is 1. The SMILES string of the molecule is O=C(c1ccc(NCc2ccco2)nn1)N1CCCCCC1. The molecule has 0 saturated carbocycles. The Morgan fingerprint density at radius 2 is 1.95 bits per heavy atom. The van der Waals surface area contributed by atoms with E-state index in [-0.39, 0.29) is 5.91 Å². The largest absolute Gasteiger partial charge is 0.467 e. The molecule has 0 bridgehead atoms. The molecule has 6 nitrogen and oxygen atoms in total. The van der Waals surface area contributed by atoms with E-state index in [1.807, 2.05) is 17.0 Å². The van der Waals surface area contributed by atoms with Gasteiger partial charge in [0.25, 0.3) is 5.91 Å². The van der Waals surface area contributed by atoms with Crippen LogP contribution in [0.2, 0.25) is 0 Å². The molecule has 116 valence electrons. The summed E-state index contributed by atoms with van der Waals surface area (Å²) in [5.74, 6) is 1.43. The minimum atomic E-state index is -0.0213. The highest BCUT2D eigenvalue weighted by atomic mass is 16.3. The van der Waals surface area contributed by atoms with E-state index < -0.39 is 0 Å². The number of nitrogens with one attached hydrogen (secondary N) is 1. The van der Waals surface area contributed by atoms with Gasteiger partial charge in [0.1, 0.15) is 11.6 Å². The summed E-state index contributed by atoms with van der Waals surface area (Å²) in [6, 6.07) is 7.23. The minimum Gasteiger partial charge on any atom is -0.467 e. The Morgan fingerprint density at radius 1 is 1.14 bits per heavy atom. The fraction of sp³-hybridized carbons (Fsp3) is 0.438. The quantitative estimate of drug-likeness (QED) is 0.940. The molecule has 1 fully saturated rings. The van der Waals surface area contributed by atoms with Gasteiger partial charge in [-0.05, 0) is 37.1 Å². The van der Waals surface area contributed by atoms with Gasteiger partial charge in [-0.25, -0.2) is 0 Å². The highest BCUT2D eigenvalue weighted by molar-refractivity contribution is 5.92. The molecular weight excluding hydrogens is 280 g/mol. The van der Waals surface area contributed by atoms with E-state index in [0.717, 1.165) is 31.7 Å². The Bertz CT molecular complexity index is 587. The van der Waals surface area contributed by atoms with Crippen molar-refractivity contribution in [1.29, 1.82) is 0 Å². The van der Waals surface area contributed by atoms with Gasteiger partial charge in [-0.1, -0.05) is 12.8 Å². The van der Waals surface area contributed by atoms with Crippen LogP contribution >= 0.6 is 0 Å². The number of nitrogens with zero attached hydrogens (tertiary/aromatic N) is 3. The molecule has 2 aromatic heterocycles. The number of anilines is 1. The molecule has 1 aliphatic rings. The molecule has 1 aliphatic heterocycles. The lowest BCUT2D eigenvalue weighted by Crippen LogP contribution is -2.32. The summed E-state index contributed by atoms with van der Waals surface area (Å²) in [5.41, 5.74) is 0.408. The van der Waals surface area contributed by atoms with Crippen LogP contribution in [0.25, 0.3) is 0 Å². The van der Waals surface area contributed by atoms with Crippen molar-refractivity contribution < 1.29 is 9.21 Å². The lowest BCUT2D eigenvalue weighted by molar-refractivity contribution is 0.0754. The molecule has 0 unspecified atom stereocenters. The second-order valence-corrected chi connectivity index (χ2v) is 5.44. The number of furan rings is 1. The van der Waals surface area contributed by atoms with Crippen LogP contribution in [0.15, 0.2) is 34.9 Å². The Labute approximate surface area is 129 Å². The molecule has 1 saturated heterocycles. The second-order valence-electron chi connectivity index (χ2n) is 5.44. The average molecular weight is 300 g/mol. The number of amides is 1. The summed E-state index contributed by atoms with van der Waals surface area (Å²) in [4.78, 5) is 14.3. The van der Waals surface area contributed by atoms with Crippen LogP contribution in [0.3, 0.4) is 0 Å². The monoisotopic (exact) mass is 300 g/mol. The van der Waals surface area contributed by atoms with E-state index in [4.69, 9.17) is 4.42 Å². The molecule has 0 radical (unpaired) electrons. The average Bonchev–Trinajstić information content (AvgIpc) is 2.93. The van der Waals surface area contributed by atoms with Crippen molar-refractivity contribution in [2.75, 3.05) is 18.4 Å². The van der Waals surface area contributed by atoms with Crippen LogP contribution in [-0.2, 0) is 6.54 Å². The molecule has 2 aromatic rings. The van der Waals surface area contributed by atoms with Gasteiger partial charge in [0.15, 0.2) is 5.69 Å². The summed E-state index contributed by atoms with van der Waals surface area (Å²) in [7, 11) is 0. The maximum atomic E-state index is 12.4. The summed E-state index contributed by atoms with van der Waals surface area (Å²) in [6.45, 7) is 2.18. The molecule has 0 aromatic carbocycles. The van der Waals surface area contributed by atoms with Gasteiger partial charge >= 0.3 is 0 Å². The number of carbonyl (C=O) groups excluding carboxylic acids is 1. The van der Waals surface area contributed by atoms with Gasteiger partial charge in [0.05, 0.1) is 12.8 Å². The fourth-order valence-electron chi connectivity index (χ4n) is 2.57. The molecule has 3 rings (SSSR count). The zero-order chi connectivity index (χ0) is 15.2. The summed E-state index contributed by atoms with van der Waals surface area (Å²) < 4.78 is 5.24. The highest BCUT2D eigenvalue weighted by Crippen LogP contribution is 2.13. The third-order valence-electron chi connectivity index (χ3n) is 3.80. The summed E-state index contributed by atoms with van der Waals surface area (Å²) in [5, 5.41) is 11.2. The van der Waals surface area contributed by atoms with Crippen LogP contribution in [-0.4, -0.2) is 34.1 Å². The van der Waals surface area contributed by atoms with Crippen molar-refractivity contribution in [3.05, 3.63) is 42.0 Å². The number of rotatable bonds is 4. The van der Waals surface area contributed by atoms with Gasteiger partial charge in [-0.3, -0.25) is 4.79 Å². The molecule has 0 atom stereocenters. The normalized spacial score (nSPS) is 15.4. The van der Waals surface area contributed by atoms with Crippen molar-refractivity contribution in [2.24, 2.45) is 0 Å². The van der Waals surface area contributed by atoms with Gasteiger partial charge in [0, 0.05) is 13.1 Å². The van der Waals surface area contributed by atoms with Crippen LogP contribution in [0.5, 0.6) is 0 Å². The topological polar surface area (TPSA) is 71.3 Å². The maximum absolute atomic E-state index is 12.4. The number of carbonyl (C=O) groups is 1. The van der Waals surface area contributed by atoms with Gasteiger partial charge < -0.3 is 14.6 Å². The zero-order valence-electron chi connectivity index (χ0n) is 12.5. The predicted octanol–water partition coefficient (Wildman–Crippen LogP) is 2.70. The van der Waals surface area contributed by atoms with Crippen molar-refractivity contribution in [3.8, 4) is 0 Å². The van der Waals surface area contributed by atoms with Crippen molar-refractivity contribution >= 4 is 11.7 Å². The van der Waals surface area contributed by atoms with Crippen LogP contribution < -0.4 is 5.32 Å². The van der Waals surface area contributed by atoms with E-state index in [1.165, 1.54) is 12.8 Å². The predicted molar refractivity (Wildman–Crippen MR) is 82.4 cm³/mol. The van der Waals surface area contributed by atoms with Gasteiger partial charge in [-0.2, -0.15) is 0 Å². The number of hydrogen-bond acceptors (Lipinski definition) is 5. The van der Waals surface area contributed by atoms with E-state index >= 15 is 0 Å². The van der Waals surface area contributed by atoms with Gasteiger partial charge in [-0.15, -0.1) is 10.2 Å². The first-order chi connectivity index (χ1) is 10.8. The third kappa shape index (κ3) is 3.63. The van der Waals surface area contributed by atoms with Crippen LogP contribution in [0, 0.1) is 0 Å². The highest BCUT2D eigenvalue weighted by Gasteiger charge is 2.18.